The van der Waals surface area contributed by atoms with Gasteiger partial charge in [-0.05, 0) is 29.3 Å². The van der Waals surface area contributed by atoms with E-state index in [0.29, 0.717) is 5.56 Å². The van der Waals surface area contributed by atoms with Crippen LogP contribution in [-0.2, 0) is 6.18 Å². The van der Waals surface area contributed by atoms with E-state index in [0.717, 1.165) is 18.3 Å². The topological polar surface area (TPSA) is 103 Å². The summed E-state index contributed by atoms with van der Waals surface area (Å²) in [5, 5.41) is 15.6. The first-order valence-corrected chi connectivity index (χ1v) is 7.24. The molecule has 3 rings (SSSR count). The minimum absolute atomic E-state index is 0.0181. The normalized spacial score (nSPS) is 11.4. The van der Waals surface area contributed by atoms with Crippen molar-refractivity contribution in [3.63, 3.8) is 0 Å². The summed E-state index contributed by atoms with van der Waals surface area (Å²) in [6.45, 7) is 0. The van der Waals surface area contributed by atoms with E-state index in [-0.39, 0.29) is 23.1 Å². The van der Waals surface area contributed by atoms with Crippen LogP contribution >= 0.6 is 0 Å². The van der Waals surface area contributed by atoms with Crippen molar-refractivity contribution in [1.29, 1.82) is 5.41 Å². The van der Waals surface area contributed by atoms with Crippen molar-refractivity contribution in [1.82, 2.24) is 15.2 Å². The fourth-order valence-electron chi connectivity index (χ4n) is 2.44. The second-order valence-electron chi connectivity index (χ2n) is 5.32. The first-order chi connectivity index (χ1) is 12.3. The maximum absolute atomic E-state index is 14.6. The Kier molecular flexibility index (Phi) is 4.33. The highest BCUT2D eigenvalue weighted by molar-refractivity contribution is 5.82. The monoisotopic (exact) mass is 364 g/mol. The molecule has 0 aliphatic carbocycles. The van der Waals surface area contributed by atoms with Crippen LogP contribution in [0.1, 0.15) is 11.1 Å². The molecule has 6 nitrogen and oxygen atoms in total. The molecular weight excluding hydrogens is 352 g/mol. The van der Waals surface area contributed by atoms with Crippen LogP contribution in [0.15, 0.2) is 36.4 Å². The van der Waals surface area contributed by atoms with Gasteiger partial charge in [-0.15, -0.1) is 5.10 Å². The molecule has 0 bridgehead atoms. The second-order valence-corrected chi connectivity index (χ2v) is 5.32. The predicted octanol–water partition coefficient (Wildman–Crippen LogP) is 3.95. The molecule has 0 aliphatic heterocycles. The lowest BCUT2D eigenvalue weighted by atomic mass is 9.96. The van der Waals surface area contributed by atoms with Crippen molar-refractivity contribution in [3.05, 3.63) is 53.3 Å². The highest BCUT2D eigenvalue weighted by Gasteiger charge is 2.36. The summed E-state index contributed by atoms with van der Waals surface area (Å²) in [4.78, 5) is 3.70. The third kappa shape index (κ3) is 3.48. The minimum atomic E-state index is -4.80. The molecule has 1 aromatic heterocycles. The minimum Gasteiger partial charge on any atom is -0.368 e. The molecule has 3 aromatic rings. The number of rotatable bonds is 4. The highest BCUT2D eigenvalue weighted by atomic mass is 19.4. The number of alkyl halides is 3. The van der Waals surface area contributed by atoms with Crippen LogP contribution < -0.4 is 11.1 Å². The van der Waals surface area contributed by atoms with Gasteiger partial charge in [0.25, 0.3) is 0 Å². The summed E-state index contributed by atoms with van der Waals surface area (Å²) in [6, 6.07) is 7.33. The van der Waals surface area contributed by atoms with Crippen LogP contribution in [-0.4, -0.2) is 21.4 Å². The molecule has 10 heteroatoms. The Morgan fingerprint density at radius 2 is 1.96 bits per heavy atom. The van der Waals surface area contributed by atoms with Gasteiger partial charge >= 0.3 is 6.18 Å². The van der Waals surface area contributed by atoms with Crippen LogP contribution in [0.3, 0.4) is 0 Å². The number of nitrogen functional groups attached to an aromatic ring is 1. The average molecular weight is 364 g/mol. The lowest BCUT2D eigenvalue weighted by molar-refractivity contribution is -0.137. The van der Waals surface area contributed by atoms with E-state index in [1.807, 2.05) is 0 Å². The smallest absolute Gasteiger partial charge is 0.368 e. The van der Waals surface area contributed by atoms with E-state index < -0.39 is 23.1 Å². The van der Waals surface area contributed by atoms with Crippen LogP contribution in [0.4, 0.5) is 35.1 Å². The van der Waals surface area contributed by atoms with E-state index in [1.54, 1.807) is 0 Å². The molecule has 0 radical (unpaired) electrons. The molecule has 0 saturated carbocycles. The molecule has 0 fully saturated rings. The van der Waals surface area contributed by atoms with Crippen molar-refractivity contribution in [2.24, 2.45) is 0 Å². The zero-order valence-electron chi connectivity index (χ0n) is 13.0. The first kappa shape index (κ1) is 17.4. The van der Waals surface area contributed by atoms with Crippen LogP contribution in [0, 0.1) is 11.2 Å². The molecule has 0 spiro atoms. The van der Waals surface area contributed by atoms with Gasteiger partial charge < -0.3 is 16.5 Å². The Morgan fingerprint density at radius 1 is 1.19 bits per heavy atom. The van der Waals surface area contributed by atoms with E-state index in [1.165, 1.54) is 24.3 Å². The lowest BCUT2D eigenvalue weighted by Crippen LogP contribution is -2.10. The predicted molar refractivity (Wildman–Crippen MR) is 88.8 cm³/mol. The van der Waals surface area contributed by atoms with Crippen molar-refractivity contribution in [2.45, 2.75) is 6.18 Å². The van der Waals surface area contributed by atoms with E-state index in [4.69, 9.17) is 11.1 Å². The number of nitrogens with one attached hydrogen (secondary N) is 3. The molecule has 0 aliphatic rings. The summed E-state index contributed by atoms with van der Waals surface area (Å²) < 4.78 is 55.2. The molecule has 134 valence electrons. The number of nitrogens with two attached hydrogens (primary N) is 1. The number of hydrogen-bond donors (Lipinski definition) is 4. The number of anilines is 3. The molecule has 26 heavy (non-hydrogen) atoms. The van der Waals surface area contributed by atoms with Gasteiger partial charge in [0.2, 0.25) is 11.9 Å². The molecule has 1 heterocycles. The second kappa shape index (κ2) is 6.47. The zero-order valence-corrected chi connectivity index (χ0v) is 13.0. The summed E-state index contributed by atoms with van der Waals surface area (Å²) in [6.07, 6.45) is -3.83. The Labute approximate surface area is 144 Å². The van der Waals surface area contributed by atoms with Crippen molar-refractivity contribution in [3.8, 4) is 11.1 Å². The summed E-state index contributed by atoms with van der Waals surface area (Å²) in [7, 11) is 0. The van der Waals surface area contributed by atoms with Crippen molar-refractivity contribution in [2.75, 3.05) is 11.1 Å². The van der Waals surface area contributed by atoms with Gasteiger partial charge in [-0.25, -0.2) is 9.49 Å². The zero-order chi connectivity index (χ0) is 18.9. The molecular formula is C16H12F4N6. The third-order valence-corrected chi connectivity index (χ3v) is 3.50. The Morgan fingerprint density at radius 3 is 2.58 bits per heavy atom. The molecule has 5 N–H and O–H groups in total. The fourth-order valence-corrected chi connectivity index (χ4v) is 2.44. The standard InChI is InChI=1S/C16H12F4N6/c17-12-6-10(23-15-24-14(22)25-26-15)5-11(16(18,19)20)13(12)9-3-1-2-8(4-9)7-21/h1-7,21H,(H4,22,23,24,25,26). The summed E-state index contributed by atoms with van der Waals surface area (Å²) in [5.41, 5.74) is 3.78. The average Bonchev–Trinajstić information content (AvgIpc) is 2.98. The largest absolute Gasteiger partial charge is 0.417 e. The number of aromatic amines is 1. The highest BCUT2D eigenvalue weighted by Crippen LogP contribution is 2.40. The van der Waals surface area contributed by atoms with Crippen LogP contribution in [0.2, 0.25) is 0 Å². The maximum Gasteiger partial charge on any atom is 0.417 e. The van der Waals surface area contributed by atoms with E-state index >= 15 is 0 Å². The number of halogens is 4. The van der Waals surface area contributed by atoms with E-state index in [2.05, 4.69) is 20.5 Å². The Bertz CT molecular complexity index is 964. The molecule has 0 amide bonds. The van der Waals surface area contributed by atoms with Crippen LogP contribution in [0.5, 0.6) is 0 Å². The molecule has 0 saturated heterocycles. The number of aromatic nitrogens is 3. The Hall–Kier alpha value is -3.43. The quantitative estimate of drug-likeness (QED) is 0.416. The van der Waals surface area contributed by atoms with Gasteiger partial charge in [0.1, 0.15) is 5.82 Å². The molecule has 2 aromatic carbocycles. The third-order valence-electron chi connectivity index (χ3n) is 3.50. The summed E-state index contributed by atoms with van der Waals surface area (Å²) >= 11 is 0. The summed E-state index contributed by atoms with van der Waals surface area (Å²) in [5.74, 6) is -1.20. The van der Waals surface area contributed by atoms with Gasteiger partial charge in [0.15, 0.2) is 0 Å². The van der Waals surface area contributed by atoms with Gasteiger partial charge in [0, 0.05) is 17.5 Å². The molecule has 0 unspecified atom stereocenters. The Balaban J connectivity index is 2.13. The van der Waals surface area contributed by atoms with Crippen molar-refractivity contribution >= 4 is 23.8 Å². The van der Waals surface area contributed by atoms with Gasteiger partial charge in [0.05, 0.1) is 5.56 Å². The van der Waals surface area contributed by atoms with Crippen LogP contribution in [0.25, 0.3) is 11.1 Å². The van der Waals surface area contributed by atoms with E-state index in [9.17, 15) is 17.6 Å². The van der Waals surface area contributed by atoms with Gasteiger partial charge in [-0.2, -0.15) is 18.2 Å². The maximum atomic E-state index is 14.6. The SMILES string of the molecule is N=Cc1cccc(-c2c(F)cc(Nc3n[nH]c(N)n3)cc2C(F)(F)F)c1. The fraction of sp³-hybridized carbons (Fsp3) is 0.0625. The first-order valence-electron chi connectivity index (χ1n) is 7.24. The van der Waals surface area contributed by atoms with Gasteiger partial charge in [-0.1, -0.05) is 18.2 Å². The number of H-pyrrole nitrogens is 1. The van der Waals surface area contributed by atoms with Gasteiger partial charge in [-0.3, -0.25) is 0 Å². The molecule has 0 atom stereocenters. The number of hydrogen-bond acceptors (Lipinski definition) is 5. The lowest BCUT2D eigenvalue weighted by Gasteiger charge is -2.16. The number of benzene rings is 2. The van der Waals surface area contributed by atoms with Crippen molar-refractivity contribution < 1.29 is 17.6 Å². The number of nitrogens with zero attached hydrogens (tertiary/aromatic N) is 2.